The minimum Gasteiger partial charge on any atom is 3.00 e. The van der Waals surface area contributed by atoms with Crippen LogP contribution in [0.1, 0.15) is 0 Å². The Kier molecular flexibility index (Phi) is 5.43. The summed E-state index contributed by atoms with van der Waals surface area (Å²) in [4.78, 5) is 0. The molecule has 1 aliphatic heterocycles. The summed E-state index contributed by atoms with van der Waals surface area (Å²) in [6.07, 6.45) is 0. The summed E-state index contributed by atoms with van der Waals surface area (Å²) in [6, 6.07) is 0. The Bertz CT molecular complexity index is 259. The average molecular weight is 447 g/mol. The molecule has 1 rings (SSSR count). The Balaban J connectivity index is 0.00000144. The predicted molar refractivity (Wildman–Crippen MR) is 5.31 cm³/mol. The quantitative estimate of drug-likeness (QED) is 0.361. The summed E-state index contributed by atoms with van der Waals surface area (Å²) in [5.41, 5.74) is 0. The van der Waals surface area contributed by atoms with Gasteiger partial charge in [0.15, 0.2) is 0 Å². The monoisotopic (exact) mass is 449 g/mol. The van der Waals surface area contributed by atoms with E-state index >= 15 is 0 Å². The van der Waals surface area contributed by atoms with Crippen molar-refractivity contribution in [2.24, 2.45) is 0 Å². The third-order valence-corrected chi connectivity index (χ3v) is 10.2. The second-order valence-corrected chi connectivity index (χ2v) is 9.70. The van der Waals surface area contributed by atoms with Crippen LogP contribution >= 0.6 is 0 Å². The van der Waals surface area contributed by atoms with E-state index in [1.165, 1.54) is 0 Å². The molecular weight excluding hydrogens is 447 g/mol. The second-order valence-electron chi connectivity index (χ2n) is 1.59. The van der Waals surface area contributed by atoms with Crippen LogP contribution in [0.25, 0.3) is 0 Å². The van der Waals surface area contributed by atoms with Crippen LogP contribution in [0.4, 0.5) is 0 Å². The predicted octanol–water partition coefficient (Wildman–Crippen LogP) is -4.14. The first-order chi connectivity index (χ1) is 5.12. The summed E-state index contributed by atoms with van der Waals surface area (Å²) in [7, 11) is 0. The van der Waals surface area contributed by atoms with Gasteiger partial charge in [0, 0.05) is 0 Å². The zero-order valence-corrected chi connectivity index (χ0v) is 12.2. The zero-order valence-electron chi connectivity index (χ0n) is 5.42. The molecule has 0 amide bonds. The van der Waals surface area contributed by atoms with E-state index in [9.17, 15) is 23.1 Å². The number of rotatable bonds is 0. The van der Waals surface area contributed by atoms with Gasteiger partial charge >= 0.3 is 116 Å². The Labute approximate surface area is 114 Å². The van der Waals surface area contributed by atoms with Gasteiger partial charge in [-0.2, -0.15) is 0 Å². The van der Waals surface area contributed by atoms with E-state index in [0.29, 0.717) is 0 Å². The van der Waals surface area contributed by atoms with Crippen LogP contribution < -0.4 is 12.1 Å². The molecule has 1 heterocycles. The summed E-state index contributed by atoms with van der Waals surface area (Å²) < 4.78 is 71.9. The summed E-state index contributed by atoms with van der Waals surface area (Å²) in [6.45, 7) is 0. The molecule has 0 aromatic carbocycles. The maximum atomic E-state index is 10.3. The summed E-state index contributed by atoms with van der Waals surface area (Å²) in [5.74, 6) is 0. The molecule has 0 aromatic heterocycles. The van der Waals surface area contributed by atoms with Gasteiger partial charge in [-0.3, -0.25) is 0 Å². The van der Waals surface area contributed by atoms with Crippen molar-refractivity contribution in [2.75, 3.05) is 0 Å². The minimum absolute atomic E-state index is 0. The van der Waals surface area contributed by atoms with Crippen LogP contribution in [0.3, 0.4) is 0 Å². The van der Waals surface area contributed by atoms with Crippen molar-refractivity contribution in [3.8, 4) is 0 Å². The summed E-state index contributed by atoms with van der Waals surface area (Å²) >= 11 is -17.8. The van der Waals surface area contributed by atoms with Crippen molar-refractivity contribution in [2.45, 2.75) is 0 Å². The fourth-order valence-electron chi connectivity index (χ4n) is 0.412. The van der Waals surface area contributed by atoms with Gasteiger partial charge in [0.25, 0.3) is 0 Å². The minimum atomic E-state index is -5.92. The standard InChI is InChI=1S/9O.Sm.3V/q;;;;;;3*-1;+3;;;. The van der Waals surface area contributed by atoms with Crippen molar-refractivity contribution in [3.63, 3.8) is 0 Å². The normalized spacial score (nSPS) is 51.0. The Morgan fingerprint density at radius 3 is 1.00 bits per heavy atom. The van der Waals surface area contributed by atoms with E-state index in [4.69, 9.17) is 0 Å². The SMILES string of the molecule is [O]=[V]1([O-])[O][V](=[O])([O-])[O][V](=[O])([O-])[O]1.[Sm+3]. The van der Waals surface area contributed by atoms with E-state index in [0.717, 1.165) is 0 Å². The van der Waals surface area contributed by atoms with Crippen LogP contribution in [0, 0.1) is 40.4 Å². The molecule has 1 radical (unpaired) electrons. The first kappa shape index (κ1) is 15.3. The van der Waals surface area contributed by atoms with Crippen LogP contribution in [0.2, 0.25) is 0 Å². The van der Waals surface area contributed by atoms with E-state index in [1.54, 1.807) is 0 Å². The molecule has 75 valence electrons. The molecule has 0 N–H and O–H groups in total. The second kappa shape index (κ2) is 4.63. The van der Waals surface area contributed by atoms with Gasteiger partial charge in [-0.1, -0.05) is 0 Å². The van der Waals surface area contributed by atoms with Crippen molar-refractivity contribution >= 4 is 0 Å². The molecule has 13 heteroatoms. The van der Waals surface area contributed by atoms with Crippen molar-refractivity contribution in [1.29, 1.82) is 0 Å². The molecule has 1 fully saturated rings. The number of hydrogen-bond acceptors (Lipinski definition) is 9. The van der Waals surface area contributed by atoms with E-state index in [1.807, 2.05) is 0 Å². The smallest absolute Gasteiger partial charge is 3.00 e. The molecular formula is O9SmV3. The van der Waals surface area contributed by atoms with Gasteiger partial charge in [-0.05, 0) is 0 Å². The Hall–Kier alpha value is 2.25. The first-order valence-electron chi connectivity index (χ1n) is 2.19. The van der Waals surface area contributed by atoms with Crippen molar-refractivity contribution < 1.29 is 116 Å². The molecule has 0 atom stereocenters. The van der Waals surface area contributed by atoms with Gasteiger partial charge in [0.05, 0.1) is 0 Å². The Morgan fingerprint density at radius 2 is 0.846 bits per heavy atom. The molecule has 0 aliphatic carbocycles. The first-order valence-corrected chi connectivity index (χ1v) is 9.03. The fraction of sp³-hybridized carbons (Fsp3) is 0. The van der Waals surface area contributed by atoms with Crippen LogP contribution in [-0.4, -0.2) is 0 Å². The topological polar surface area (TPSA) is 148 Å². The molecule has 0 bridgehead atoms. The molecule has 0 aromatic rings. The van der Waals surface area contributed by atoms with Crippen LogP contribution in [0.5, 0.6) is 0 Å². The molecule has 1 aliphatic rings. The largest absolute Gasteiger partial charge is 3.00 e. The van der Waals surface area contributed by atoms with Crippen LogP contribution in [0.15, 0.2) is 0 Å². The van der Waals surface area contributed by atoms with Crippen LogP contribution in [-0.2, 0) is 63.9 Å². The molecule has 9 nitrogen and oxygen atoms in total. The third kappa shape index (κ3) is 5.22. The van der Waals surface area contributed by atoms with E-state index in [2.05, 4.69) is 7.76 Å². The van der Waals surface area contributed by atoms with Gasteiger partial charge in [0.1, 0.15) is 0 Å². The molecule has 0 spiro atoms. The maximum absolute atomic E-state index is 10.3. The number of hydrogen-bond donors (Lipinski definition) is 0. The van der Waals surface area contributed by atoms with Gasteiger partial charge in [-0.25, -0.2) is 0 Å². The van der Waals surface area contributed by atoms with Gasteiger partial charge < -0.3 is 0 Å². The van der Waals surface area contributed by atoms with Gasteiger partial charge in [-0.15, -0.1) is 0 Å². The fourth-order valence-corrected chi connectivity index (χ4v) is 9.38. The molecule has 1 saturated heterocycles. The average Bonchev–Trinajstić information content (AvgIpc) is 1.44. The maximum Gasteiger partial charge on any atom is 3.00 e. The van der Waals surface area contributed by atoms with E-state index < -0.39 is 45.1 Å². The van der Waals surface area contributed by atoms with Gasteiger partial charge in [0.2, 0.25) is 0 Å². The Morgan fingerprint density at radius 1 is 0.692 bits per heavy atom. The zero-order chi connectivity index (χ0) is 9.62. The molecule has 13 heavy (non-hydrogen) atoms. The van der Waals surface area contributed by atoms with Crippen molar-refractivity contribution in [1.82, 2.24) is 0 Å². The summed E-state index contributed by atoms with van der Waals surface area (Å²) in [5, 5.41) is 0. The third-order valence-electron chi connectivity index (χ3n) is 0.600. The molecule has 0 saturated carbocycles. The van der Waals surface area contributed by atoms with Crippen molar-refractivity contribution in [3.05, 3.63) is 0 Å². The molecule has 0 unspecified atom stereocenters. The van der Waals surface area contributed by atoms with E-state index in [-0.39, 0.29) is 40.4 Å².